The predicted molar refractivity (Wildman–Crippen MR) is 240 cm³/mol. The highest BCUT2D eigenvalue weighted by atomic mass is 32.2. The summed E-state index contributed by atoms with van der Waals surface area (Å²) in [4.78, 5) is 65.8. The van der Waals surface area contributed by atoms with Crippen molar-refractivity contribution in [2.24, 2.45) is 22.7 Å². The number of sulfonamides is 1. The fraction of sp³-hybridized carbons (Fsp3) is 0.688. The largest absolute Gasteiger partial charge is 0.492 e. The molecule has 15 nitrogen and oxygen atoms in total. The Morgan fingerprint density at radius 3 is 2.50 bits per heavy atom. The standard InChI is InChI=1S/C48H66N6O9S/c1-6-31-26-48(31,43(57)52-64(59,60)46(5)20-21-46)51-40(55)36-25-32-27-54(36)42(56)39(45(2,3)4)50-44(58)63-37-24-30(37)14-8-7-9-16-34-38(33-15-10-11-17-35(33)49-41(34)62-32)61-23-13-22-53-28-47(29-53)18-12-19-47/h6,10-11,15,17,30-32,36-37,39H,1,7-9,12-14,16,18-29H2,2-5H3,(H,50,58)(H,51,55)(H,52,57)/t30-,31-,32-,36+,37-,39-,48-/m1/s1. The molecule has 1 aromatic carbocycles. The zero-order valence-electron chi connectivity index (χ0n) is 37.9. The Labute approximate surface area is 377 Å². The first-order valence-corrected chi connectivity index (χ1v) is 25.1. The van der Waals surface area contributed by atoms with E-state index in [0.717, 1.165) is 61.8 Å². The molecule has 3 N–H and O–H groups in total. The minimum atomic E-state index is -4.01. The maximum Gasteiger partial charge on any atom is 0.408 e. The lowest BCUT2D eigenvalue weighted by atomic mass is 9.63. The summed E-state index contributed by atoms with van der Waals surface area (Å²) in [6, 6.07) is 5.63. The number of nitrogens with zero attached hydrogens (tertiary/aromatic N) is 3. The van der Waals surface area contributed by atoms with Crippen LogP contribution in [0.15, 0.2) is 36.9 Å². The van der Waals surface area contributed by atoms with Crippen molar-refractivity contribution in [1.82, 2.24) is 30.1 Å². The first kappa shape index (κ1) is 44.7. The number of pyridine rings is 1. The molecule has 0 radical (unpaired) electrons. The molecule has 4 aliphatic carbocycles. The fourth-order valence-electron chi connectivity index (χ4n) is 10.5. The number of carbonyl (C=O) groups is 4. The molecule has 64 heavy (non-hydrogen) atoms. The first-order valence-electron chi connectivity index (χ1n) is 23.7. The summed E-state index contributed by atoms with van der Waals surface area (Å²) < 4.78 is 47.0. The summed E-state index contributed by atoms with van der Waals surface area (Å²) in [5.74, 6) is -1.13. The smallest absolute Gasteiger partial charge is 0.408 e. The number of benzene rings is 1. The van der Waals surface area contributed by atoms with Crippen LogP contribution in [0.5, 0.6) is 11.6 Å². The molecule has 1 spiro atoms. The molecule has 2 bridgehead atoms. The van der Waals surface area contributed by atoms with Crippen molar-refractivity contribution < 1.29 is 41.8 Å². The van der Waals surface area contributed by atoms with Gasteiger partial charge in [-0.25, -0.2) is 18.2 Å². The molecule has 9 rings (SSSR count). The second-order valence-corrected chi connectivity index (χ2v) is 23.6. The van der Waals surface area contributed by atoms with Crippen LogP contribution in [0, 0.1) is 22.7 Å². The summed E-state index contributed by atoms with van der Waals surface area (Å²) in [6.45, 7) is 14.8. The Bertz CT molecular complexity index is 2300. The monoisotopic (exact) mass is 902 g/mol. The second kappa shape index (κ2) is 16.8. The van der Waals surface area contributed by atoms with Gasteiger partial charge in [-0.15, -0.1) is 6.58 Å². The van der Waals surface area contributed by atoms with Gasteiger partial charge in [-0.05, 0) is 100 Å². The van der Waals surface area contributed by atoms with Crippen molar-refractivity contribution in [3.63, 3.8) is 0 Å². The van der Waals surface area contributed by atoms with Crippen LogP contribution in [0.2, 0.25) is 0 Å². The van der Waals surface area contributed by atoms with E-state index in [1.165, 1.54) is 43.3 Å². The van der Waals surface area contributed by atoms with Crippen LogP contribution >= 0.6 is 0 Å². The van der Waals surface area contributed by atoms with Crippen LogP contribution in [0.25, 0.3) is 10.9 Å². The summed E-state index contributed by atoms with van der Waals surface area (Å²) in [7, 11) is -4.01. The van der Waals surface area contributed by atoms with Gasteiger partial charge in [0.15, 0.2) is 0 Å². The van der Waals surface area contributed by atoms with Crippen LogP contribution in [0.4, 0.5) is 4.79 Å². The van der Waals surface area contributed by atoms with E-state index in [1.54, 1.807) is 6.92 Å². The SMILES string of the molecule is C=C[C@@H]1C[C@]1(NC(=O)[C@@H]1C[C@@H]2CN1C(=O)[C@H](C(C)(C)C)NC(=O)O[C@@H]1C[C@H]1CCCCCc1c(nc3ccccc3c1OCCCN1CC3(CCC3)C1)O2)C(=O)NS(=O)(=O)C1(C)CC1. The highest BCUT2D eigenvalue weighted by Crippen LogP contribution is 2.49. The highest BCUT2D eigenvalue weighted by Gasteiger charge is 2.63. The normalized spacial score (nSPS) is 31.0. The van der Waals surface area contributed by atoms with E-state index < -0.39 is 73.6 Å². The number of alkyl carbamates (subject to hydrolysis) is 1. The molecule has 16 heteroatoms. The average Bonchev–Trinajstić information content (AvgIpc) is 4.17. The minimum Gasteiger partial charge on any atom is -0.492 e. The maximum absolute atomic E-state index is 14.9. The van der Waals surface area contributed by atoms with Crippen LogP contribution in [0.1, 0.15) is 117 Å². The van der Waals surface area contributed by atoms with E-state index >= 15 is 0 Å². The first-order chi connectivity index (χ1) is 30.4. The minimum absolute atomic E-state index is 0.0246. The van der Waals surface area contributed by atoms with Crippen LogP contribution in [0.3, 0.4) is 0 Å². The quantitative estimate of drug-likeness (QED) is 0.190. The molecule has 4 heterocycles. The van der Waals surface area contributed by atoms with Gasteiger partial charge in [-0.3, -0.25) is 19.1 Å². The molecule has 7 aliphatic rings. The average molecular weight is 903 g/mol. The van der Waals surface area contributed by atoms with Crippen LogP contribution < -0.4 is 24.8 Å². The Balaban J connectivity index is 1.02. The Morgan fingerprint density at radius 1 is 1.05 bits per heavy atom. The van der Waals surface area contributed by atoms with Gasteiger partial charge in [0.25, 0.3) is 5.91 Å². The molecule has 6 fully saturated rings. The van der Waals surface area contributed by atoms with Gasteiger partial charge in [0.1, 0.15) is 35.6 Å². The van der Waals surface area contributed by atoms with Crippen molar-refractivity contribution in [3.05, 3.63) is 42.5 Å². The Kier molecular flexibility index (Phi) is 11.7. The number of ether oxygens (including phenoxy) is 3. The third-order valence-electron chi connectivity index (χ3n) is 15.3. The van der Waals surface area contributed by atoms with E-state index in [9.17, 15) is 27.6 Å². The number of aromatic nitrogens is 1. The lowest BCUT2D eigenvalue weighted by Crippen LogP contribution is -2.60. The molecular formula is C48H66N6O9S. The molecule has 2 aromatic rings. The van der Waals surface area contributed by atoms with Gasteiger partial charge in [0, 0.05) is 37.4 Å². The fourth-order valence-corrected chi connectivity index (χ4v) is 11.8. The Morgan fingerprint density at radius 2 is 1.81 bits per heavy atom. The van der Waals surface area contributed by atoms with Crippen molar-refractivity contribution >= 4 is 44.7 Å². The van der Waals surface area contributed by atoms with E-state index in [4.69, 9.17) is 19.2 Å². The lowest BCUT2D eigenvalue weighted by Gasteiger charge is -2.56. The number of nitrogens with one attached hydrogen (secondary N) is 3. The summed E-state index contributed by atoms with van der Waals surface area (Å²) >= 11 is 0. The molecule has 0 unspecified atom stereocenters. The molecule has 2 saturated heterocycles. The third kappa shape index (κ3) is 8.81. The maximum atomic E-state index is 14.9. The van der Waals surface area contributed by atoms with Crippen molar-refractivity contribution in [3.8, 4) is 11.6 Å². The summed E-state index contributed by atoms with van der Waals surface area (Å²) in [5, 5.41) is 6.62. The van der Waals surface area contributed by atoms with Gasteiger partial charge >= 0.3 is 6.09 Å². The van der Waals surface area contributed by atoms with E-state index in [2.05, 4.69) is 26.8 Å². The number of fused-ring (bicyclic) bond motifs is 5. The number of likely N-dealkylation sites (tertiary alicyclic amines) is 1. The van der Waals surface area contributed by atoms with Crippen molar-refractivity contribution in [1.29, 1.82) is 0 Å². The number of carbonyl (C=O) groups excluding carboxylic acids is 4. The van der Waals surface area contributed by atoms with Gasteiger partial charge in [0.05, 0.1) is 29.0 Å². The number of para-hydroxylation sites is 1. The molecule has 348 valence electrons. The molecule has 3 aliphatic heterocycles. The molecule has 4 saturated carbocycles. The lowest BCUT2D eigenvalue weighted by molar-refractivity contribution is -0.142. The molecule has 1 aromatic heterocycles. The van der Waals surface area contributed by atoms with Crippen molar-refractivity contribution in [2.45, 2.75) is 152 Å². The van der Waals surface area contributed by atoms with Gasteiger partial charge in [0.2, 0.25) is 27.7 Å². The van der Waals surface area contributed by atoms with Gasteiger partial charge < -0.3 is 34.6 Å². The second-order valence-electron chi connectivity index (χ2n) is 21.4. The zero-order valence-corrected chi connectivity index (χ0v) is 38.7. The number of amides is 4. The third-order valence-corrected chi connectivity index (χ3v) is 17.5. The van der Waals surface area contributed by atoms with E-state index in [0.29, 0.717) is 42.7 Å². The number of hydrogen-bond donors (Lipinski definition) is 3. The zero-order chi connectivity index (χ0) is 45.2. The van der Waals surface area contributed by atoms with Gasteiger partial charge in [-0.2, -0.15) is 0 Å². The summed E-state index contributed by atoms with van der Waals surface area (Å²) in [5.41, 5.74) is -0.255. The predicted octanol–water partition coefficient (Wildman–Crippen LogP) is 5.54. The highest BCUT2D eigenvalue weighted by molar-refractivity contribution is 7.91. The molecule has 4 amide bonds. The van der Waals surface area contributed by atoms with E-state index in [-0.39, 0.29) is 31.4 Å². The summed E-state index contributed by atoms with van der Waals surface area (Å²) in [6.07, 6.45) is 10.9. The van der Waals surface area contributed by atoms with Crippen LogP contribution in [-0.2, 0) is 35.6 Å². The topological polar surface area (TPSA) is 186 Å². The van der Waals surface area contributed by atoms with Crippen LogP contribution in [-0.4, -0.2) is 114 Å². The van der Waals surface area contributed by atoms with Crippen molar-refractivity contribution in [2.75, 3.05) is 32.8 Å². The molecule has 7 atom stereocenters. The molecular weight excluding hydrogens is 837 g/mol. The van der Waals surface area contributed by atoms with Gasteiger partial charge in [-0.1, -0.05) is 58.2 Å². The number of hydrogen-bond acceptors (Lipinski definition) is 11. The van der Waals surface area contributed by atoms with E-state index in [1.807, 2.05) is 45.0 Å². The Hall–Kier alpha value is -4.44. The number of rotatable bonds is 11.